The second-order valence-electron chi connectivity index (χ2n) is 4.56. The lowest BCUT2D eigenvalue weighted by Gasteiger charge is -1.99. The molecule has 0 saturated heterocycles. The molecule has 10 nitrogen and oxygen atoms in total. The van der Waals surface area contributed by atoms with Crippen LogP contribution in [-0.2, 0) is 22.5 Å². The summed E-state index contributed by atoms with van der Waals surface area (Å²) in [6.45, 7) is 4.12. The van der Waals surface area contributed by atoms with Gasteiger partial charge < -0.3 is 4.74 Å². The van der Waals surface area contributed by atoms with Crippen LogP contribution in [0.15, 0.2) is 11.6 Å². The van der Waals surface area contributed by atoms with E-state index in [2.05, 4.69) is 15.4 Å². The van der Waals surface area contributed by atoms with Crippen LogP contribution in [0.2, 0.25) is 0 Å². The van der Waals surface area contributed by atoms with Gasteiger partial charge in [-0.1, -0.05) is 0 Å². The summed E-state index contributed by atoms with van der Waals surface area (Å²) < 4.78 is 6.12. The molecule has 0 saturated carbocycles. The van der Waals surface area contributed by atoms with Crippen molar-refractivity contribution in [1.29, 1.82) is 0 Å². The van der Waals surface area contributed by atoms with E-state index in [4.69, 9.17) is 4.74 Å². The summed E-state index contributed by atoms with van der Waals surface area (Å²) >= 11 is 1.10. The van der Waals surface area contributed by atoms with Crippen LogP contribution in [0.25, 0.3) is 0 Å². The smallest absolute Gasteiger partial charge is 0.320 e. The topological polar surface area (TPSA) is 129 Å². The molecule has 0 bridgehead atoms. The number of nitrogens with zero attached hydrogens (tertiary/aromatic N) is 4. The summed E-state index contributed by atoms with van der Waals surface area (Å²) in [5.41, 5.74) is -0.219. The lowest BCUT2D eigenvalue weighted by atomic mass is 10.3. The number of aryl methyl sites for hydroxylation is 1. The molecule has 11 heteroatoms. The van der Waals surface area contributed by atoms with Crippen LogP contribution in [0.5, 0.6) is 0 Å². The minimum Gasteiger partial charge on any atom is -0.466 e. The van der Waals surface area contributed by atoms with Gasteiger partial charge in [-0.3, -0.25) is 29.7 Å². The van der Waals surface area contributed by atoms with E-state index in [-0.39, 0.29) is 29.5 Å². The quantitative estimate of drug-likeness (QED) is 0.455. The first-order chi connectivity index (χ1) is 11.4. The number of thiazole rings is 1. The maximum Gasteiger partial charge on any atom is 0.320 e. The fourth-order valence-electron chi connectivity index (χ4n) is 1.83. The monoisotopic (exact) mass is 353 g/mol. The van der Waals surface area contributed by atoms with Crippen molar-refractivity contribution in [2.24, 2.45) is 0 Å². The third-order valence-electron chi connectivity index (χ3n) is 2.88. The summed E-state index contributed by atoms with van der Waals surface area (Å²) in [7, 11) is 0. The molecule has 0 atom stereocenters. The zero-order valence-corrected chi connectivity index (χ0v) is 13.8. The standard InChI is InChI=1S/C13H15N5O5S/c1-3-17-6-9(18(21)22)11(16-17)12(20)15-13-14-8(7-24-13)5-10(19)23-4-2/h6-7H,3-5H2,1-2H3,(H,14,15,20). The second-order valence-corrected chi connectivity index (χ2v) is 5.41. The van der Waals surface area contributed by atoms with Gasteiger partial charge in [-0.15, -0.1) is 11.3 Å². The van der Waals surface area contributed by atoms with Gasteiger partial charge in [0.1, 0.15) is 6.20 Å². The van der Waals surface area contributed by atoms with Crippen LogP contribution in [0.1, 0.15) is 30.0 Å². The highest BCUT2D eigenvalue weighted by Crippen LogP contribution is 2.21. The Kier molecular flexibility index (Phi) is 5.58. The first kappa shape index (κ1) is 17.5. The van der Waals surface area contributed by atoms with Crippen LogP contribution in [0.4, 0.5) is 10.8 Å². The van der Waals surface area contributed by atoms with Crippen LogP contribution in [0, 0.1) is 10.1 Å². The van der Waals surface area contributed by atoms with Crippen LogP contribution in [-0.4, -0.2) is 38.2 Å². The number of carbonyl (C=O) groups excluding carboxylic acids is 2. The second kappa shape index (κ2) is 7.64. The molecule has 0 aliphatic rings. The van der Waals surface area contributed by atoms with Crippen molar-refractivity contribution < 1.29 is 19.2 Å². The first-order valence-corrected chi connectivity index (χ1v) is 7.95. The zero-order valence-electron chi connectivity index (χ0n) is 13.0. The van der Waals surface area contributed by atoms with E-state index in [1.807, 2.05) is 0 Å². The molecule has 0 spiro atoms. The lowest BCUT2D eigenvalue weighted by Crippen LogP contribution is -2.15. The molecule has 0 radical (unpaired) electrons. The Balaban J connectivity index is 2.10. The number of carbonyl (C=O) groups is 2. The number of esters is 1. The van der Waals surface area contributed by atoms with Crippen LogP contribution < -0.4 is 5.32 Å². The molecule has 2 aromatic heterocycles. The van der Waals surface area contributed by atoms with Crippen molar-refractivity contribution in [3.05, 3.63) is 33.1 Å². The van der Waals surface area contributed by atoms with Gasteiger partial charge in [0.25, 0.3) is 5.91 Å². The first-order valence-electron chi connectivity index (χ1n) is 7.07. The summed E-state index contributed by atoms with van der Waals surface area (Å²) in [5, 5.41) is 19.2. The maximum atomic E-state index is 12.2. The van der Waals surface area contributed by atoms with Crippen molar-refractivity contribution >= 4 is 34.0 Å². The van der Waals surface area contributed by atoms with Gasteiger partial charge in [0.15, 0.2) is 5.13 Å². The van der Waals surface area contributed by atoms with Gasteiger partial charge in [0, 0.05) is 11.9 Å². The third-order valence-corrected chi connectivity index (χ3v) is 3.69. The predicted octanol–water partition coefficient (Wildman–Crippen LogP) is 1.63. The summed E-state index contributed by atoms with van der Waals surface area (Å²) in [5.74, 6) is -1.15. The third kappa shape index (κ3) is 4.13. The van der Waals surface area contributed by atoms with Crippen molar-refractivity contribution in [2.75, 3.05) is 11.9 Å². The molecule has 0 aromatic carbocycles. The number of hydrogen-bond donors (Lipinski definition) is 1. The number of anilines is 1. The molecule has 0 aliphatic heterocycles. The Morgan fingerprint density at radius 3 is 2.83 bits per heavy atom. The molecule has 2 rings (SSSR count). The van der Waals surface area contributed by atoms with Crippen LogP contribution in [0.3, 0.4) is 0 Å². The van der Waals surface area contributed by atoms with Gasteiger partial charge >= 0.3 is 11.7 Å². The molecular weight excluding hydrogens is 338 g/mol. The fraction of sp³-hybridized carbons (Fsp3) is 0.385. The van der Waals surface area contributed by atoms with E-state index in [0.717, 1.165) is 11.3 Å². The Hall–Kier alpha value is -2.82. The average molecular weight is 353 g/mol. The van der Waals surface area contributed by atoms with E-state index < -0.39 is 16.8 Å². The molecule has 2 heterocycles. The van der Waals surface area contributed by atoms with E-state index >= 15 is 0 Å². The Labute approximate surface area is 140 Å². The van der Waals surface area contributed by atoms with Crippen LogP contribution >= 0.6 is 11.3 Å². The number of ether oxygens (including phenoxy) is 1. The zero-order chi connectivity index (χ0) is 17.7. The van der Waals surface area contributed by atoms with E-state index in [0.29, 0.717) is 12.2 Å². The molecular formula is C13H15N5O5S. The molecule has 128 valence electrons. The fourth-order valence-corrected chi connectivity index (χ4v) is 2.54. The van der Waals surface area contributed by atoms with Gasteiger partial charge in [-0.25, -0.2) is 4.98 Å². The molecule has 1 amide bonds. The maximum absolute atomic E-state index is 12.2. The van der Waals surface area contributed by atoms with Gasteiger partial charge in [0.05, 0.1) is 23.6 Å². The van der Waals surface area contributed by atoms with E-state index in [1.165, 1.54) is 10.9 Å². The molecule has 24 heavy (non-hydrogen) atoms. The highest BCUT2D eigenvalue weighted by molar-refractivity contribution is 7.14. The number of nitro groups is 1. The Morgan fingerprint density at radius 2 is 2.21 bits per heavy atom. The molecule has 2 aromatic rings. The summed E-state index contributed by atoms with van der Waals surface area (Å²) in [4.78, 5) is 38.0. The summed E-state index contributed by atoms with van der Waals surface area (Å²) in [6.07, 6.45) is 1.19. The lowest BCUT2D eigenvalue weighted by molar-refractivity contribution is -0.385. The number of nitrogens with one attached hydrogen (secondary N) is 1. The Morgan fingerprint density at radius 1 is 1.46 bits per heavy atom. The Bertz CT molecular complexity index is 769. The van der Waals surface area contributed by atoms with Crippen molar-refractivity contribution in [1.82, 2.24) is 14.8 Å². The minimum atomic E-state index is -0.731. The van der Waals surface area contributed by atoms with Gasteiger partial charge in [0.2, 0.25) is 5.69 Å². The number of aromatic nitrogens is 3. The average Bonchev–Trinajstić information content (AvgIpc) is 3.14. The van der Waals surface area contributed by atoms with Crippen molar-refractivity contribution in [3.63, 3.8) is 0 Å². The predicted molar refractivity (Wildman–Crippen MR) is 85.0 cm³/mol. The SMILES string of the molecule is CCOC(=O)Cc1csc(NC(=O)c2nn(CC)cc2[N+](=O)[O-])n1. The highest BCUT2D eigenvalue weighted by Gasteiger charge is 2.26. The molecule has 0 fully saturated rings. The van der Waals surface area contributed by atoms with Gasteiger partial charge in [-0.2, -0.15) is 5.10 Å². The molecule has 0 aliphatic carbocycles. The largest absolute Gasteiger partial charge is 0.466 e. The highest BCUT2D eigenvalue weighted by atomic mass is 32.1. The number of amides is 1. The van der Waals surface area contributed by atoms with E-state index in [9.17, 15) is 19.7 Å². The van der Waals surface area contributed by atoms with Crippen molar-refractivity contribution in [2.45, 2.75) is 26.8 Å². The number of rotatable bonds is 7. The normalized spacial score (nSPS) is 10.4. The minimum absolute atomic E-state index is 0.00911. The van der Waals surface area contributed by atoms with Gasteiger partial charge in [-0.05, 0) is 13.8 Å². The van der Waals surface area contributed by atoms with E-state index in [1.54, 1.807) is 19.2 Å². The summed E-state index contributed by atoms with van der Waals surface area (Å²) in [6, 6.07) is 0. The number of hydrogen-bond acceptors (Lipinski definition) is 8. The molecule has 1 N–H and O–H groups in total. The molecule has 0 unspecified atom stereocenters. The van der Waals surface area contributed by atoms with Crippen molar-refractivity contribution in [3.8, 4) is 0 Å².